The van der Waals surface area contributed by atoms with Gasteiger partial charge in [0.05, 0.1) is 4.90 Å². The highest BCUT2D eigenvalue weighted by Gasteiger charge is 2.32. The quantitative estimate of drug-likeness (QED) is 0.902. The molecule has 20 heavy (non-hydrogen) atoms. The van der Waals surface area contributed by atoms with E-state index in [1.807, 2.05) is 6.92 Å². The summed E-state index contributed by atoms with van der Waals surface area (Å²) in [4.78, 5) is 0.0350. The van der Waals surface area contributed by atoms with E-state index in [9.17, 15) is 12.8 Å². The zero-order valence-electron chi connectivity index (χ0n) is 11.4. The van der Waals surface area contributed by atoms with Crippen molar-refractivity contribution in [2.24, 2.45) is 0 Å². The SMILES string of the molecule is CCCN(C1CCNC1)S(=O)(=O)c1cccc(F)c1.Cl. The van der Waals surface area contributed by atoms with Crippen molar-refractivity contribution in [1.29, 1.82) is 0 Å². The number of halogens is 2. The van der Waals surface area contributed by atoms with Gasteiger partial charge in [0.2, 0.25) is 10.0 Å². The first kappa shape index (κ1) is 17.4. The van der Waals surface area contributed by atoms with E-state index in [1.54, 1.807) is 0 Å². The van der Waals surface area contributed by atoms with Crippen LogP contribution in [0.25, 0.3) is 0 Å². The Hall–Kier alpha value is -0.690. The maximum Gasteiger partial charge on any atom is 0.243 e. The molecule has 1 saturated heterocycles. The van der Waals surface area contributed by atoms with E-state index in [4.69, 9.17) is 0 Å². The maximum absolute atomic E-state index is 13.2. The summed E-state index contributed by atoms with van der Waals surface area (Å²) < 4.78 is 39.9. The van der Waals surface area contributed by atoms with Gasteiger partial charge in [-0.3, -0.25) is 0 Å². The Bertz CT molecular complexity index is 533. The smallest absolute Gasteiger partial charge is 0.243 e. The molecule has 1 aromatic rings. The van der Waals surface area contributed by atoms with Gasteiger partial charge in [0.25, 0.3) is 0 Å². The number of nitrogens with one attached hydrogen (secondary N) is 1. The lowest BCUT2D eigenvalue weighted by Gasteiger charge is -2.27. The molecule has 1 aliphatic rings. The Morgan fingerprint density at radius 2 is 2.20 bits per heavy atom. The molecule has 0 radical (unpaired) electrons. The number of rotatable bonds is 5. The fourth-order valence-corrected chi connectivity index (χ4v) is 4.15. The molecule has 1 heterocycles. The maximum atomic E-state index is 13.2. The number of hydrogen-bond donors (Lipinski definition) is 1. The summed E-state index contributed by atoms with van der Waals surface area (Å²) in [6.45, 7) is 3.89. The molecule has 0 bridgehead atoms. The lowest BCUT2D eigenvalue weighted by molar-refractivity contribution is 0.335. The highest BCUT2D eigenvalue weighted by molar-refractivity contribution is 7.89. The standard InChI is InChI=1S/C13H19FN2O2S.ClH/c1-2-8-16(12-6-7-15-10-12)19(17,18)13-5-3-4-11(14)9-13;/h3-5,9,12,15H,2,6-8,10H2,1H3;1H. The molecule has 0 amide bonds. The van der Waals surface area contributed by atoms with Crippen LogP contribution >= 0.6 is 12.4 Å². The summed E-state index contributed by atoms with van der Waals surface area (Å²) in [6.07, 6.45) is 1.54. The van der Waals surface area contributed by atoms with Gasteiger partial charge in [-0.05, 0) is 37.6 Å². The molecule has 2 rings (SSSR count). The second kappa shape index (κ2) is 7.36. The molecular formula is C13H20ClFN2O2S. The molecular weight excluding hydrogens is 303 g/mol. The molecule has 0 aliphatic carbocycles. The van der Waals surface area contributed by atoms with E-state index < -0.39 is 15.8 Å². The molecule has 1 unspecified atom stereocenters. The number of benzene rings is 1. The van der Waals surface area contributed by atoms with Crippen LogP contribution in [-0.2, 0) is 10.0 Å². The van der Waals surface area contributed by atoms with Crippen LogP contribution < -0.4 is 5.32 Å². The van der Waals surface area contributed by atoms with Crippen molar-refractivity contribution in [1.82, 2.24) is 9.62 Å². The highest BCUT2D eigenvalue weighted by atomic mass is 35.5. The molecule has 1 aromatic carbocycles. The normalized spacial score (nSPS) is 19.1. The Kier molecular flexibility index (Phi) is 6.39. The topological polar surface area (TPSA) is 49.4 Å². The first-order chi connectivity index (χ1) is 9.05. The largest absolute Gasteiger partial charge is 0.315 e. The van der Waals surface area contributed by atoms with Crippen molar-refractivity contribution >= 4 is 22.4 Å². The first-order valence-electron chi connectivity index (χ1n) is 6.54. The minimum absolute atomic E-state index is 0. The fraction of sp³-hybridized carbons (Fsp3) is 0.538. The Balaban J connectivity index is 0.00000200. The van der Waals surface area contributed by atoms with Gasteiger partial charge in [-0.25, -0.2) is 12.8 Å². The summed E-state index contributed by atoms with van der Waals surface area (Å²) in [5.41, 5.74) is 0. The molecule has 1 atom stereocenters. The van der Waals surface area contributed by atoms with Gasteiger partial charge in [-0.1, -0.05) is 13.0 Å². The molecule has 1 N–H and O–H groups in total. The Morgan fingerprint density at radius 1 is 1.45 bits per heavy atom. The molecule has 114 valence electrons. The number of nitrogens with zero attached hydrogens (tertiary/aromatic N) is 1. The Morgan fingerprint density at radius 3 is 2.75 bits per heavy atom. The van der Waals surface area contributed by atoms with Crippen LogP contribution in [0.2, 0.25) is 0 Å². The zero-order chi connectivity index (χ0) is 13.9. The van der Waals surface area contributed by atoms with Crippen LogP contribution in [0, 0.1) is 5.82 Å². The van der Waals surface area contributed by atoms with Crippen LogP contribution in [0.4, 0.5) is 4.39 Å². The Labute approximate surface area is 125 Å². The second-order valence-corrected chi connectivity index (χ2v) is 6.61. The van der Waals surface area contributed by atoms with Gasteiger partial charge in [0.1, 0.15) is 5.82 Å². The average Bonchev–Trinajstić information content (AvgIpc) is 2.89. The van der Waals surface area contributed by atoms with Crippen LogP contribution in [0.1, 0.15) is 19.8 Å². The minimum Gasteiger partial charge on any atom is -0.315 e. The van der Waals surface area contributed by atoms with Crippen LogP contribution in [0.5, 0.6) is 0 Å². The lowest BCUT2D eigenvalue weighted by atomic mass is 10.2. The van der Waals surface area contributed by atoms with Gasteiger partial charge < -0.3 is 5.32 Å². The van der Waals surface area contributed by atoms with Crippen LogP contribution in [0.3, 0.4) is 0 Å². The van der Waals surface area contributed by atoms with Crippen LogP contribution in [-0.4, -0.2) is 38.4 Å². The van der Waals surface area contributed by atoms with Crippen molar-refractivity contribution in [3.63, 3.8) is 0 Å². The van der Waals surface area contributed by atoms with Crippen molar-refractivity contribution in [2.45, 2.75) is 30.7 Å². The molecule has 7 heteroatoms. The van der Waals surface area contributed by atoms with E-state index in [2.05, 4.69) is 5.32 Å². The van der Waals surface area contributed by atoms with E-state index >= 15 is 0 Å². The van der Waals surface area contributed by atoms with Gasteiger partial charge in [-0.15, -0.1) is 12.4 Å². The molecule has 0 spiro atoms. The minimum atomic E-state index is -3.62. The molecule has 4 nitrogen and oxygen atoms in total. The van der Waals surface area contributed by atoms with E-state index in [1.165, 1.54) is 22.5 Å². The highest BCUT2D eigenvalue weighted by Crippen LogP contribution is 2.22. The molecule has 0 saturated carbocycles. The molecule has 1 fully saturated rings. The third-order valence-electron chi connectivity index (χ3n) is 3.29. The zero-order valence-corrected chi connectivity index (χ0v) is 13.0. The summed E-state index contributed by atoms with van der Waals surface area (Å²) in [6, 6.07) is 5.18. The third-order valence-corrected chi connectivity index (χ3v) is 5.24. The van der Waals surface area contributed by atoms with E-state index in [-0.39, 0.29) is 23.3 Å². The van der Waals surface area contributed by atoms with Crippen molar-refractivity contribution < 1.29 is 12.8 Å². The summed E-state index contributed by atoms with van der Waals surface area (Å²) in [5.74, 6) is -0.526. The van der Waals surface area contributed by atoms with Crippen LogP contribution in [0.15, 0.2) is 29.2 Å². The monoisotopic (exact) mass is 322 g/mol. The number of hydrogen-bond acceptors (Lipinski definition) is 3. The lowest BCUT2D eigenvalue weighted by Crippen LogP contribution is -2.42. The van der Waals surface area contributed by atoms with E-state index in [0.29, 0.717) is 13.1 Å². The first-order valence-corrected chi connectivity index (χ1v) is 7.98. The summed E-state index contributed by atoms with van der Waals surface area (Å²) in [5, 5.41) is 3.17. The van der Waals surface area contributed by atoms with E-state index in [0.717, 1.165) is 25.5 Å². The van der Waals surface area contributed by atoms with Gasteiger partial charge in [0, 0.05) is 19.1 Å². The average molecular weight is 323 g/mol. The molecule has 0 aromatic heterocycles. The third kappa shape index (κ3) is 3.69. The second-order valence-electron chi connectivity index (χ2n) is 4.72. The summed E-state index contributed by atoms with van der Waals surface area (Å²) in [7, 11) is -3.62. The predicted octanol–water partition coefficient (Wildman–Crippen LogP) is 2.01. The van der Waals surface area contributed by atoms with Crippen molar-refractivity contribution in [3.05, 3.63) is 30.1 Å². The fourth-order valence-electron chi connectivity index (χ4n) is 2.37. The molecule has 1 aliphatic heterocycles. The summed E-state index contributed by atoms with van der Waals surface area (Å²) >= 11 is 0. The van der Waals surface area contributed by atoms with Gasteiger partial charge >= 0.3 is 0 Å². The van der Waals surface area contributed by atoms with Crippen molar-refractivity contribution in [3.8, 4) is 0 Å². The number of sulfonamides is 1. The van der Waals surface area contributed by atoms with Gasteiger partial charge in [0.15, 0.2) is 0 Å². The predicted molar refractivity (Wildman–Crippen MR) is 79.1 cm³/mol. The van der Waals surface area contributed by atoms with Crippen molar-refractivity contribution in [2.75, 3.05) is 19.6 Å². The van der Waals surface area contributed by atoms with Gasteiger partial charge in [-0.2, -0.15) is 4.31 Å².